The molecular weight excluding hydrogens is 263 g/mol. The predicted molar refractivity (Wildman–Crippen MR) is 65.5 cm³/mol. The maximum atomic E-state index is 11.8. The summed E-state index contributed by atoms with van der Waals surface area (Å²) in [5.74, 6) is 0.0455. The molecule has 2 rings (SSSR count). The number of aromatic nitrogens is 3. The van der Waals surface area contributed by atoms with Gasteiger partial charge in [-0.15, -0.1) is 0 Å². The van der Waals surface area contributed by atoms with Gasteiger partial charge in [0, 0.05) is 11.8 Å². The molecule has 0 aliphatic carbocycles. The summed E-state index contributed by atoms with van der Waals surface area (Å²) in [4.78, 5) is 15.6. The molecule has 88 valence electrons. The molecule has 0 saturated carbocycles. The fraction of sp³-hybridized carbons (Fsp3) is 0.100. The molecule has 0 spiro atoms. The van der Waals surface area contributed by atoms with Crippen molar-refractivity contribution in [2.24, 2.45) is 0 Å². The second-order valence-corrected chi connectivity index (χ2v) is 4.11. The first kappa shape index (κ1) is 11.9. The lowest BCUT2D eigenvalue weighted by Gasteiger charge is -2.03. The summed E-state index contributed by atoms with van der Waals surface area (Å²) >= 11 is 11.5. The predicted octanol–water partition coefficient (Wildman–Crippen LogP) is 2.67. The number of carbonyl (C=O) groups excluding carboxylic acids is 1. The number of aromatic amines is 1. The van der Waals surface area contributed by atoms with Crippen molar-refractivity contribution in [2.45, 2.75) is 6.92 Å². The van der Waals surface area contributed by atoms with E-state index in [1.54, 1.807) is 6.07 Å². The van der Waals surface area contributed by atoms with Gasteiger partial charge >= 0.3 is 0 Å². The van der Waals surface area contributed by atoms with Crippen LogP contribution in [0.3, 0.4) is 0 Å². The number of carbonyl (C=O) groups is 1. The van der Waals surface area contributed by atoms with Crippen molar-refractivity contribution in [3.8, 4) is 0 Å². The Bertz CT molecular complexity index is 567. The van der Waals surface area contributed by atoms with Crippen molar-refractivity contribution in [2.75, 3.05) is 5.32 Å². The van der Waals surface area contributed by atoms with Crippen LogP contribution in [-0.4, -0.2) is 21.1 Å². The van der Waals surface area contributed by atoms with Crippen LogP contribution in [0.2, 0.25) is 10.3 Å². The summed E-state index contributed by atoms with van der Waals surface area (Å²) in [6.45, 7) is 1.83. The number of halogens is 2. The topological polar surface area (TPSA) is 70.7 Å². The number of amides is 1. The monoisotopic (exact) mass is 270 g/mol. The van der Waals surface area contributed by atoms with Crippen molar-refractivity contribution >= 4 is 34.9 Å². The van der Waals surface area contributed by atoms with Crippen LogP contribution < -0.4 is 5.32 Å². The number of hydrogen-bond acceptors (Lipinski definition) is 3. The van der Waals surface area contributed by atoms with E-state index in [4.69, 9.17) is 23.2 Å². The lowest BCUT2D eigenvalue weighted by Crippen LogP contribution is -2.13. The third-order valence-electron chi connectivity index (χ3n) is 2.01. The molecule has 2 aromatic rings. The molecule has 1 amide bonds. The van der Waals surface area contributed by atoms with E-state index in [0.717, 1.165) is 5.69 Å². The minimum atomic E-state index is -0.384. The minimum absolute atomic E-state index is 0.0576. The number of hydrogen-bond donors (Lipinski definition) is 2. The van der Waals surface area contributed by atoms with Crippen LogP contribution in [0.5, 0.6) is 0 Å². The van der Waals surface area contributed by atoms with E-state index >= 15 is 0 Å². The van der Waals surface area contributed by atoms with E-state index in [1.165, 1.54) is 12.1 Å². The molecule has 2 N–H and O–H groups in total. The lowest BCUT2D eigenvalue weighted by molar-refractivity contribution is 0.102. The first-order valence-electron chi connectivity index (χ1n) is 4.71. The van der Waals surface area contributed by atoms with E-state index in [2.05, 4.69) is 20.5 Å². The van der Waals surface area contributed by atoms with Crippen LogP contribution in [-0.2, 0) is 0 Å². The van der Waals surface area contributed by atoms with Gasteiger partial charge in [0.1, 0.15) is 10.3 Å². The number of rotatable bonds is 2. The molecule has 7 heteroatoms. The van der Waals surface area contributed by atoms with Crippen LogP contribution in [0.1, 0.15) is 16.1 Å². The number of pyridine rings is 1. The highest BCUT2D eigenvalue weighted by atomic mass is 35.5. The van der Waals surface area contributed by atoms with Gasteiger partial charge in [0.15, 0.2) is 5.82 Å². The van der Waals surface area contributed by atoms with Crippen molar-refractivity contribution in [3.05, 3.63) is 39.8 Å². The van der Waals surface area contributed by atoms with Crippen LogP contribution in [0.25, 0.3) is 0 Å². The summed E-state index contributed by atoms with van der Waals surface area (Å²) in [6, 6.07) is 4.71. The molecule has 0 aliphatic heterocycles. The average Bonchev–Trinajstić information content (AvgIpc) is 2.63. The fourth-order valence-corrected chi connectivity index (χ4v) is 1.68. The van der Waals surface area contributed by atoms with E-state index in [1.807, 2.05) is 6.92 Å². The van der Waals surface area contributed by atoms with Gasteiger partial charge in [-0.05, 0) is 19.1 Å². The Kier molecular flexibility index (Phi) is 3.31. The van der Waals surface area contributed by atoms with Crippen LogP contribution in [0, 0.1) is 6.92 Å². The van der Waals surface area contributed by atoms with Gasteiger partial charge in [0.25, 0.3) is 5.91 Å². The second kappa shape index (κ2) is 4.73. The van der Waals surface area contributed by atoms with Crippen molar-refractivity contribution in [1.82, 2.24) is 15.2 Å². The second-order valence-electron chi connectivity index (χ2n) is 3.36. The summed E-state index contributed by atoms with van der Waals surface area (Å²) in [5, 5.41) is 9.48. The van der Waals surface area contributed by atoms with Gasteiger partial charge in [-0.25, -0.2) is 4.98 Å². The Labute approximate surface area is 107 Å². The van der Waals surface area contributed by atoms with Crippen LogP contribution in [0.4, 0.5) is 5.82 Å². The molecular formula is C10H8Cl2N4O. The van der Waals surface area contributed by atoms with Gasteiger partial charge < -0.3 is 5.32 Å². The SMILES string of the molecule is Cc1cc(NC(=O)c2ccc(Cl)nc2Cl)n[nH]1. The molecule has 2 aromatic heterocycles. The molecule has 5 nitrogen and oxygen atoms in total. The summed E-state index contributed by atoms with van der Waals surface area (Å²) in [5.41, 5.74) is 1.09. The molecule has 0 aromatic carbocycles. The first-order chi connectivity index (χ1) is 8.06. The van der Waals surface area contributed by atoms with Crippen LogP contribution >= 0.6 is 23.2 Å². The molecule has 0 atom stereocenters. The van der Waals surface area contributed by atoms with Crippen molar-refractivity contribution in [1.29, 1.82) is 0 Å². The lowest BCUT2D eigenvalue weighted by atomic mass is 10.2. The zero-order valence-corrected chi connectivity index (χ0v) is 10.3. The van der Waals surface area contributed by atoms with E-state index in [-0.39, 0.29) is 21.8 Å². The molecule has 0 unspecified atom stereocenters. The van der Waals surface area contributed by atoms with E-state index in [0.29, 0.717) is 5.82 Å². The van der Waals surface area contributed by atoms with Gasteiger partial charge in [-0.2, -0.15) is 5.10 Å². The average molecular weight is 271 g/mol. The normalized spacial score (nSPS) is 10.3. The third-order valence-corrected chi connectivity index (χ3v) is 2.51. The van der Waals surface area contributed by atoms with Gasteiger partial charge in [0.05, 0.1) is 5.56 Å². The standard InChI is InChI=1S/C10H8Cl2N4O/c1-5-4-8(16-15-5)14-10(17)6-2-3-7(11)13-9(6)12/h2-4H,1H3,(H2,14,15,16,17). The fourth-order valence-electron chi connectivity index (χ4n) is 1.25. The number of nitrogens with zero attached hydrogens (tertiary/aromatic N) is 2. The Balaban J connectivity index is 2.20. The van der Waals surface area contributed by atoms with Gasteiger partial charge in [-0.1, -0.05) is 23.2 Å². The molecule has 0 saturated heterocycles. The van der Waals surface area contributed by atoms with Crippen molar-refractivity contribution < 1.29 is 4.79 Å². The van der Waals surface area contributed by atoms with Crippen LogP contribution in [0.15, 0.2) is 18.2 Å². The molecule has 0 aliphatic rings. The minimum Gasteiger partial charge on any atom is -0.305 e. The highest BCUT2D eigenvalue weighted by molar-refractivity contribution is 6.35. The largest absolute Gasteiger partial charge is 0.305 e. The summed E-state index contributed by atoms with van der Waals surface area (Å²) < 4.78 is 0. The molecule has 0 fully saturated rings. The molecule has 0 bridgehead atoms. The van der Waals surface area contributed by atoms with Gasteiger partial charge in [-0.3, -0.25) is 9.89 Å². The quantitative estimate of drug-likeness (QED) is 0.825. The summed E-state index contributed by atoms with van der Waals surface area (Å²) in [6.07, 6.45) is 0. The molecule has 17 heavy (non-hydrogen) atoms. The Morgan fingerprint density at radius 3 is 2.76 bits per heavy atom. The highest BCUT2D eigenvalue weighted by Crippen LogP contribution is 2.17. The Morgan fingerprint density at radius 2 is 2.18 bits per heavy atom. The van der Waals surface area contributed by atoms with Crippen molar-refractivity contribution in [3.63, 3.8) is 0 Å². The number of H-pyrrole nitrogens is 1. The number of nitrogens with one attached hydrogen (secondary N) is 2. The number of aryl methyl sites for hydroxylation is 1. The number of anilines is 1. The summed E-state index contributed by atoms with van der Waals surface area (Å²) in [7, 11) is 0. The highest BCUT2D eigenvalue weighted by Gasteiger charge is 2.13. The smallest absolute Gasteiger partial charge is 0.259 e. The zero-order valence-electron chi connectivity index (χ0n) is 8.79. The maximum Gasteiger partial charge on any atom is 0.259 e. The Morgan fingerprint density at radius 1 is 1.41 bits per heavy atom. The van der Waals surface area contributed by atoms with Gasteiger partial charge in [0.2, 0.25) is 0 Å². The zero-order chi connectivity index (χ0) is 12.4. The van der Waals surface area contributed by atoms with E-state index < -0.39 is 0 Å². The first-order valence-corrected chi connectivity index (χ1v) is 5.47. The maximum absolute atomic E-state index is 11.8. The third kappa shape index (κ3) is 2.75. The molecule has 0 radical (unpaired) electrons. The van der Waals surface area contributed by atoms with E-state index in [9.17, 15) is 4.79 Å². The Hall–Kier alpha value is -1.59. The molecule has 2 heterocycles.